The Morgan fingerprint density at radius 2 is 1.67 bits per heavy atom. The molecule has 2 aromatic rings. The van der Waals surface area contributed by atoms with Gasteiger partial charge in [0.2, 0.25) is 0 Å². The number of halogens is 6. The van der Waals surface area contributed by atoms with E-state index in [1.165, 1.54) is 0 Å². The molecule has 5 nitrogen and oxygen atoms in total. The van der Waals surface area contributed by atoms with E-state index in [0.717, 1.165) is 5.56 Å². The van der Waals surface area contributed by atoms with Crippen molar-refractivity contribution in [3.8, 4) is 0 Å². The molecule has 0 aromatic heterocycles. The Labute approximate surface area is 203 Å². The van der Waals surface area contributed by atoms with Crippen molar-refractivity contribution in [2.45, 2.75) is 37.1 Å². The van der Waals surface area contributed by atoms with E-state index in [0.29, 0.717) is 18.7 Å². The molecule has 2 atom stereocenters. The van der Waals surface area contributed by atoms with Gasteiger partial charge >= 0.3 is 18.4 Å². The summed E-state index contributed by atoms with van der Waals surface area (Å²) in [7, 11) is 0. The number of carbonyl (C=O) groups excluding carboxylic acids is 1. The SMILES string of the molecule is O=C1N[C@](CCOCc2cc(C(F)(F)F)cc(C(F)(F)F)c2)(c2ccccc2)CN1C1C=CC=C[NH2+]1. The molecule has 192 valence electrons. The molecule has 4 rings (SSSR count). The van der Waals surface area contributed by atoms with Gasteiger partial charge in [-0.1, -0.05) is 36.4 Å². The summed E-state index contributed by atoms with van der Waals surface area (Å²) in [5.74, 6) is 0. The molecule has 36 heavy (non-hydrogen) atoms. The van der Waals surface area contributed by atoms with E-state index in [4.69, 9.17) is 4.74 Å². The van der Waals surface area contributed by atoms with Gasteiger partial charge in [0.1, 0.15) is 0 Å². The van der Waals surface area contributed by atoms with Gasteiger partial charge in [-0.25, -0.2) is 4.79 Å². The van der Waals surface area contributed by atoms with E-state index < -0.39 is 35.6 Å². The molecule has 2 aliphatic rings. The fraction of sp³-hybridized carbons (Fsp3) is 0.320. The minimum absolute atomic E-state index is 0.00919. The lowest BCUT2D eigenvalue weighted by molar-refractivity contribution is -0.634. The van der Waals surface area contributed by atoms with Gasteiger partial charge in [-0.3, -0.25) is 10.2 Å². The summed E-state index contributed by atoms with van der Waals surface area (Å²) in [6.07, 6.45) is -2.43. The van der Waals surface area contributed by atoms with Crippen LogP contribution in [0.3, 0.4) is 0 Å². The van der Waals surface area contributed by atoms with Crippen LogP contribution in [0.2, 0.25) is 0 Å². The summed E-state index contributed by atoms with van der Waals surface area (Å²) >= 11 is 0. The predicted molar refractivity (Wildman–Crippen MR) is 118 cm³/mol. The quantitative estimate of drug-likeness (QED) is 0.423. The van der Waals surface area contributed by atoms with Crippen molar-refractivity contribution in [3.05, 3.63) is 95.2 Å². The van der Waals surface area contributed by atoms with Crippen LogP contribution in [0.15, 0.2) is 73.0 Å². The maximum atomic E-state index is 13.1. The Bertz CT molecular complexity index is 1110. The van der Waals surface area contributed by atoms with Crippen LogP contribution >= 0.6 is 0 Å². The number of hydrogen-bond donors (Lipinski definition) is 2. The fourth-order valence-electron chi connectivity index (χ4n) is 4.36. The molecular formula is C25H24F6N3O2+. The second-order valence-electron chi connectivity index (χ2n) is 8.68. The number of nitrogens with one attached hydrogen (secondary N) is 1. The topological polar surface area (TPSA) is 58.2 Å². The average molecular weight is 512 g/mol. The number of quaternary nitrogens is 1. The first-order valence-corrected chi connectivity index (χ1v) is 11.2. The van der Waals surface area contributed by atoms with Crippen LogP contribution < -0.4 is 10.6 Å². The van der Waals surface area contributed by atoms with Crippen molar-refractivity contribution in [1.82, 2.24) is 10.2 Å². The van der Waals surface area contributed by atoms with E-state index in [1.54, 1.807) is 4.90 Å². The molecule has 0 aliphatic carbocycles. The zero-order valence-electron chi connectivity index (χ0n) is 18.9. The van der Waals surface area contributed by atoms with Crippen molar-refractivity contribution in [3.63, 3.8) is 0 Å². The van der Waals surface area contributed by atoms with Crippen LogP contribution in [-0.2, 0) is 29.2 Å². The number of nitrogens with zero attached hydrogens (tertiary/aromatic N) is 1. The van der Waals surface area contributed by atoms with E-state index in [1.807, 2.05) is 60.1 Å². The van der Waals surface area contributed by atoms with E-state index in [2.05, 4.69) is 5.32 Å². The number of urea groups is 1. The Morgan fingerprint density at radius 3 is 2.25 bits per heavy atom. The molecule has 0 saturated carbocycles. The molecule has 1 saturated heterocycles. The number of alkyl halides is 6. The van der Waals surface area contributed by atoms with Gasteiger partial charge in [0.15, 0.2) is 6.17 Å². The molecule has 1 fully saturated rings. The second-order valence-corrected chi connectivity index (χ2v) is 8.68. The smallest absolute Gasteiger partial charge is 0.377 e. The zero-order valence-corrected chi connectivity index (χ0v) is 18.9. The summed E-state index contributed by atoms with van der Waals surface area (Å²) in [4.78, 5) is 14.5. The Kier molecular flexibility index (Phi) is 7.14. The van der Waals surface area contributed by atoms with Crippen molar-refractivity contribution in [2.24, 2.45) is 0 Å². The van der Waals surface area contributed by atoms with Crippen LogP contribution in [-0.4, -0.2) is 30.2 Å². The highest BCUT2D eigenvalue weighted by molar-refractivity contribution is 5.79. The predicted octanol–water partition coefficient (Wildman–Crippen LogP) is 4.52. The lowest BCUT2D eigenvalue weighted by Gasteiger charge is -2.30. The highest BCUT2D eigenvalue weighted by atomic mass is 19.4. The lowest BCUT2D eigenvalue weighted by atomic mass is 9.87. The first-order chi connectivity index (χ1) is 17.0. The summed E-state index contributed by atoms with van der Waals surface area (Å²) in [5.41, 5.74) is -3.04. The lowest BCUT2D eigenvalue weighted by Crippen LogP contribution is -2.88. The van der Waals surface area contributed by atoms with E-state index in [9.17, 15) is 31.1 Å². The highest BCUT2D eigenvalue weighted by Crippen LogP contribution is 2.37. The largest absolute Gasteiger partial charge is 0.416 e. The van der Waals surface area contributed by atoms with Crippen LogP contribution in [0.1, 0.15) is 28.7 Å². The van der Waals surface area contributed by atoms with E-state index in [-0.39, 0.29) is 36.9 Å². The number of hydrogen-bond acceptors (Lipinski definition) is 2. The molecule has 0 radical (unpaired) electrons. The normalized spacial score (nSPS) is 22.2. The third kappa shape index (κ3) is 5.73. The van der Waals surface area contributed by atoms with E-state index >= 15 is 0 Å². The molecule has 0 bridgehead atoms. The maximum absolute atomic E-state index is 13.1. The van der Waals surface area contributed by atoms with Gasteiger partial charge in [0, 0.05) is 6.61 Å². The Morgan fingerprint density at radius 1 is 1.00 bits per heavy atom. The monoisotopic (exact) mass is 512 g/mol. The van der Waals surface area contributed by atoms with Crippen LogP contribution in [0.4, 0.5) is 31.1 Å². The first kappa shape index (κ1) is 25.8. The second kappa shape index (κ2) is 9.98. The minimum atomic E-state index is -4.93. The number of allylic oxidation sites excluding steroid dienone is 2. The van der Waals surface area contributed by atoms with Gasteiger partial charge in [0.25, 0.3) is 0 Å². The van der Waals surface area contributed by atoms with Gasteiger partial charge in [-0.2, -0.15) is 26.3 Å². The van der Waals surface area contributed by atoms with Crippen LogP contribution in [0.5, 0.6) is 0 Å². The summed E-state index contributed by atoms with van der Waals surface area (Å²) in [6.45, 7) is -0.148. The van der Waals surface area contributed by atoms with Gasteiger partial charge in [-0.15, -0.1) is 0 Å². The highest BCUT2D eigenvalue weighted by Gasteiger charge is 2.46. The Balaban J connectivity index is 1.49. The fourth-order valence-corrected chi connectivity index (χ4v) is 4.36. The number of amides is 2. The molecule has 0 spiro atoms. The summed E-state index contributed by atoms with van der Waals surface area (Å²) in [6, 6.07) is 10.3. The van der Waals surface area contributed by atoms with Crippen molar-refractivity contribution < 1.29 is 41.2 Å². The van der Waals surface area contributed by atoms with Gasteiger partial charge < -0.3 is 10.1 Å². The van der Waals surface area contributed by atoms with Crippen molar-refractivity contribution >= 4 is 6.03 Å². The number of benzene rings is 2. The first-order valence-electron chi connectivity index (χ1n) is 11.2. The standard InChI is InChI=1S/C25H23F6N3O2/c26-24(27,28)19-12-17(13-20(14-19)25(29,30)31)15-36-11-9-23(18-6-2-1-3-7-18)16-34(22(35)33-23)21-8-4-5-10-32-21/h1-8,10,12-14,21,32H,9,11,15-16H2,(H,33,35)/p+1/t21?,23-/m0/s1. The van der Waals surface area contributed by atoms with Crippen molar-refractivity contribution in [2.75, 3.05) is 13.2 Å². The molecule has 3 N–H and O–H groups in total. The zero-order chi connectivity index (χ0) is 26.0. The van der Waals surface area contributed by atoms with Gasteiger partial charge in [0.05, 0.1) is 36.0 Å². The molecule has 2 amide bonds. The summed E-state index contributed by atoms with van der Waals surface area (Å²) in [5, 5.41) is 4.90. The number of nitrogens with two attached hydrogens (primary N) is 1. The number of ether oxygens (including phenoxy) is 1. The molecule has 11 heteroatoms. The number of rotatable bonds is 7. The molecule has 2 aromatic carbocycles. The summed E-state index contributed by atoms with van der Waals surface area (Å²) < 4.78 is 84.3. The Hall–Kier alpha value is -3.31. The molecule has 2 heterocycles. The third-order valence-electron chi connectivity index (χ3n) is 6.16. The van der Waals surface area contributed by atoms with Crippen LogP contribution in [0, 0.1) is 0 Å². The number of carbonyl (C=O) groups is 1. The van der Waals surface area contributed by atoms with Crippen molar-refractivity contribution in [1.29, 1.82) is 0 Å². The average Bonchev–Trinajstić information content (AvgIpc) is 3.19. The van der Waals surface area contributed by atoms with Gasteiger partial charge in [-0.05, 0) is 47.9 Å². The third-order valence-corrected chi connectivity index (χ3v) is 6.16. The minimum Gasteiger partial charge on any atom is -0.377 e. The molecular weight excluding hydrogens is 488 g/mol. The maximum Gasteiger partial charge on any atom is 0.416 e. The van der Waals surface area contributed by atoms with Crippen LogP contribution in [0.25, 0.3) is 0 Å². The molecule has 1 unspecified atom stereocenters. The molecule has 2 aliphatic heterocycles.